The number of hydrogen-bond acceptors (Lipinski definition) is 4. The van der Waals surface area contributed by atoms with Crippen LogP contribution in [0.2, 0.25) is 0 Å². The van der Waals surface area contributed by atoms with Gasteiger partial charge in [0.1, 0.15) is 12.4 Å². The van der Waals surface area contributed by atoms with Crippen molar-refractivity contribution in [3.05, 3.63) is 74.4 Å². The van der Waals surface area contributed by atoms with Crippen LogP contribution >= 0.6 is 15.9 Å². The second-order valence-corrected chi connectivity index (χ2v) is 5.67. The Hall–Kier alpha value is -2.54. The molecule has 0 spiro atoms. The van der Waals surface area contributed by atoms with Gasteiger partial charge in [-0.2, -0.15) is 5.10 Å². The molecule has 116 valence electrons. The van der Waals surface area contributed by atoms with Gasteiger partial charge in [-0.1, -0.05) is 40.2 Å². The van der Waals surface area contributed by atoms with Gasteiger partial charge in [0.15, 0.2) is 5.69 Å². The molecule has 23 heavy (non-hydrogen) atoms. The van der Waals surface area contributed by atoms with Gasteiger partial charge in [-0.15, -0.1) is 0 Å². The number of ether oxygens (including phenoxy) is 1. The van der Waals surface area contributed by atoms with Crippen LogP contribution < -0.4 is 5.56 Å². The van der Waals surface area contributed by atoms with Crippen LogP contribution in [-0.2, 0) is 11.3 Å². The van der Waals surface area contributed by atoms with E-state index in [0.29, 0.717) is 15.2 Å². The molecule has 1 N–H and O–H groups in total. The van der Waals surface area contributed by atoms with Crippen molar-refractivity contribution in [1.29, 1.82) is 0 Å². The number of aromatic nitrogens is 2. The largest absolute Gasteiger partial charge is 0.456 e. The number of H-pyrrole nitrogens is 1. The Kier molecular flexibility index (Phi) is 4.20. The molecule has 0 radical (unpaired) electrons. The molecule has 0 saturated heterocycles. The Morgan fingerprint density at radius 1 is 1.22 bits per heavy atom. The molecule has 0 saturated carbocycles. The lowest BCUT2D eigenvalue weighted by Gasteiger charge is -2.07. The Balaban J connectivity index is 1.87. The second-order valence-electron chi connectivity index (χ2n) is 4.76. The van der Waals surface area contributed by atoms with Gasteiger partial charge in [0, 0.05) is 15.4 Å². The third-order valence-electron chi connectivity index (χ3n) is 3.26. The van der Waals surface area contributed by atoms with Crippen LogP contribution in [0.25, 0.3) is 10.8 Å². The number of carbonyl (C=O) groups excluding carboxylic acids is 1. The lowest BCUT2D eigenvalue weighted by atomic mass is 10.1. The molecule has 0 aliphatic heterocycles. The van der Waals surface area contributed by atoms with Crippen LogP contribution in [0, 0.1) is 5.82 Å². The highest BCUT2D eigenvalue weighted by Gasteiger charge is 2.16. The number of fused-ring (bicyclic) bond motifs is 1. The Bertz CT molecular complexity index is 955. The summed E-state index contributed by atoms with van der Waals surface area (Å²) >= 11 is 3.16. The van der Waals surface area contributed by atoms with Crippen molar-refractivity contribution in [2.45, 2.75) is 6.61 Å². The van der Waals surface area contributed by atoms with E-state index < -0.39 is 17.3 Å². The van der Waals surface area contributed by atoms with Crippen LogP contribution in [0.3, 0.4) is 0 Å². The zero-order chi connectivity index (χ0) is 16.4. The summed E-state index contributed by atoms with van der Waals surface area (Å²) in [6.45, 7) is -0.229. The third-order valence-corrected chi connectivity index (χ3v) is 3.76. The maximum absolute atomic E-state index is 13.7. The summed E-state index contributed by atoms with van der Waals surface area (Å²) in [4.78, 5) is 23.9. The van der Waals surface area contributed by atoms with E-state index in [1.807, 2.05) is 0 Å². The van der Waals surface area contributed by atoms with Gasteiger partial charge in [-0.05, 0) is 18.2 Å². The van der Waals surface area contributed by atoms with Crippen LogP contribution in [0.15, 0.2) is 51.7 Å². The molecular weight excluding hydrogens is 367 g/mol. The smallest absolute Gasteiger partial charge is 0.359 e. The summed E-state index contributed by atoms with van der Waals surface area (Å²) in [6.07, 6.45) is 0. The van der Waals surface area contributed by atoms with Gasteiger partial charge < -0.3 is 4.74 Å². The summed E-state index contributed by atoms with van der Waals surface area (Å²) in [5.41, 5.74) is -0.163. The normalized spacial score (nSPS) is 10.7. The van der Waals surface area contributed by atoms with E-state index in [9.17, 15) is 14.0 Å². The van der Waals surface area contributed by atoms with Crippen molar-refractivity contribution in [2.24, 2.45) is 0 Å². The maximum Gasteiger partial charge on any atom is 0.359 e. The molecule has 2 aromatic carbocycles. The zero-order valence-corrected chi connectivity index (χ0v) is 13.3. The molecule has 3 rings (SSSR count). The first kappa shape index (κ1) is 15.4. The fourth-order valence-electron chi connectivity index (χ4n) is 2.12. The lowest BCUT2D eigenvalue weighted by molar-refractivity contribution is 0.0463. The van der Waals surface area contributed by atoms with Crippen LogP contribution in [0.4, 0.5) is 4.39 Å². The molecule has 0 atom stereocenters. The summed E-state index contributed by atoms with van der Waals surface area (Å²) in [5, 5.41) is 6.72. The number of nitrogens with one attached hydrogen (secondary N) is 1. The van der Waals surface area contributed by atoms with Crippen molar-refractivity contribution in [3.8, 4) is 0 Å². The van der Waals surface area contributed by atoms with E-state index in [4.69, 9.17) is 4.74 Å². The Morgan fingerprint density at radius 3 is 2.70 bits per heavy atom. The summed E-state index contributed by atoms with van der Waals surface area (Å²) < 4.78 is 19.4. The van der Waals surface area contributed by atoms with E-state index in [1.54, 1.807) is 30.3 Å². The summed E-state index contributed by atoms with van der Waals surface area (Å²) in [7, 11) is 0. The van der Waals surface area contributed by atoms with Gasteiger partial charge in [0.2, 0.25) is 0 Å². The van der Waals surface area contributed by atoms with E-state index in [0.717, 1.165) is 0 Å². The molecular formula is C16H10BrFN2O3. The van der Waals surface area contributed by atoms with Crippen LogP contribution in [-0.4, -0.2) is 16.2 Å². The number of hydrogen-bond donors (Lipinski definition) is 1. The average Bonchev–Trinajstić information content (AvgIpc) is 2.54. The minimum absolute atomic E-state index is 0.0160. The van der Waals surface area contributed by atoms with Crippen molar-refractivity contribution in [3.63, 3.8) is 0 Å². The SMILES string of the molecule is O=C(OCc1ccc(Br)cc1F)c1n[nH]c(=O)c2ccccc12. The van der Waals surface area contributed by atoms with Crippen molar-refractivity contribution >= 4 is 32.7 Å². The predicted molar refractivity (Wildman–Crippen MR) is 85.6 cm³/mol. The number of benzene rings is 2. The van der Waals surface area contributed by atoms with E-state index >= 15 is 0 Å². The summed E-state index contributed by atoms with van der Waals surface area (Å²) in [6, 6.07) is 11.0. The standard InChI is InChI=1S/C16H10BrFN2O3/c17-10-6-5-9(13(18)7-10)8-23-16(22)14-11-3-1-2-4-12(11)15(21)20-19-14/h1-7H,8H2,(H,20,21). The van der Waals surface area contributed by atoms with Crippen molar-refractivity contribution < 1.29 is 13.9 Å². The molecule has 0 fully saturated rings. The monoisotopic (exact) mass is 376 g/mol. The average molecular weight is 377 g/mol. The first-order chi connectivity index (χ1) is 11.1. The van der Waals surface area contributed by atoms with E-state index in [2.05, 4.69) is 26.1 Å². The first-order valence-corrected chi connectivity index (χ1v) is 7.44. The topological polar surface area (TPSA) is 72.0 Å². The molecule has 0 aliphatic rings. The van der Waals surface area contributed by atoms with Crippen LogP contribution in [0.1, 0.15) is 16.1 Å². The number of aromatic amines is 1. The van der Waals surface area contributed by atoms with E-state index in [1.165, 1.54) is 12.1 Å². The highest BCUT2D eigenvalue weighted by Crippen LogP contribution is 2.18. The van der Waals surface area contributed by atoms with Gasteiger partial charge in [0.05, 0.1) is 5.39 Å². The highest BCUT2D eigenvalue weighted by atomic mass is 79.9. The predicted octanol–water partition coefficient (Wildman–Crippen LogP) is 3.18. The quantitative estimate of drug-likeness (QED) is 0.712. The number of esters is 1. The molecule has 0 aliphatic carbocycles. The third kappa shape index (κ3) is 3.14. The zero-order valence-electron chi connectivity index (χ0n) is 11.7. The van der Waals surface area contributed by atoms with Gasteiger partial charge in [-0.25, -0.2) is 14.3 Å². The number of rotatable bonds is 3. The molecule has 0 bridgehead atoms. The second kappa shape index (κ2) is 6.29. The lowest BCUT2D eigenvalue weighted by Crippen LogP contribution is -2.16. The number of halogens is 2. The van der Waals surface area contributed by atoms with Crippen LogP contribution in [0.5, 0.6) is 0 Å². The first-order valence-electron chi connectivity index (χ1n) is 6.65. The fraction of sp³-hybridized carbons (Fsp3) is 0.0625. The van der Waals surface area contributed by atoms with Gasteiger partial charge in [0.25, 0.3) is 5.56 Å². The summed E-state index contributed by atoms with van der Waals surface area (Å²) in [5.74, 6) is -1.22. The minimum atomic E-state index is -0.736. The maximum atomic E-state index is 13.7. The van der Waals surface area contributed by atoms with Gasteiger partial charge in [-0.3, -0.25) is 4.79 Å². The molecule has 0 amide bonds. The molecule has 3 aromatic rings. The molecule has 5 nitrogen and oxygen atoms in total. The number of nitrogens with zero attached hydrogens (tertiary/aromatic N) is 1. The van der Waals surface area contributed by atoms with E-state index in [-0.39, 0.29) is 17.9 Å². The van der Waals surface area contributed by atoms with Crippen molar-refractivity contribution in [1.82, 2.24) is 10.2 Å². The molecule has 1 aromatic heterocycles. The highest BCUT2D eigenvalue weighted by molar-refractivity contribution is 9.10. The van der Waals surface area contributed by atoms with Gasteiger partial charge >= 0.3 is 5.97 Å². The molecule has 1 heterocycles. The fourth-order valence-corrected chi connectivity index (χ4v) is 2.45. The molecule has 7 heteroatoms. The Labute approximate surface area is 138 Å². The minimum Gasteiger partial charge on any atom is -0.456 e. The number of carbonyl (C=O) groups is 1. The van der Waals surface area contributed by atoms with Crippen molar-refractivity contribution in [2.75, 3.05) is 0 Å². The molecule has 0 unspecified atom stereocenters. The Morgan fingerprint density at radius 2 is 1.96 bits per heavy atom.